The van der Waals surface area contributed by atoms with Crippen LogP contribution in [0.25, 0.3) is 11.2 Å². The van der Waals surface area contributed by atoms with Crippen LogP contribution in [0.4, 0.5) is 5.95 Å². The fraction of sp³-hybridized carbons (Fsp3) is 0.630. The van der Waals surface area contributed by atoms with Gasteiger partial charge in [0, 0.05) is 53.1 Å². The molecule has 0 bridgehead atoms. The van der Waals surface area contributed by atoms with Gasteiger partial charge in [-0.25, -0.2) is 14.8 Å². The van der Waals surface area contributed by atoms with Crippen molar-refractivity contribution in [3.05, 3.63) is 52.6 Å². The fourth-order valence-electron chi connectivity index (χ4n) is 8.06. The molecule has 2 fully saturated rings. The van der Waals surface area contributed by atoms with E-state index in [4.69, 9.17) is 33.5 Å². The molecule has 0 radical (unpaired) electrons. The molecule has 3 aromatic rings. The molecular formula is C46H66N8O13. The van der Waals surface area contributed by atoms with Crippen molar-refractivity contribution in [2.75, 3.05) is 33.9 Å². The van der Waals surface area contributed by atoms with E-state index in [1.807, 2.05) is 26.8 Å². The van der Waals surface area contributed by atoms with Crippen LogP contribution in [0.5, 0.6) is 0 Å². The average Bonchev–Trinajstić information content (AvgIpc) is 3.88. The third kappa shape index (κ3) is 15.1. The van der Waals surface area contributed by atoms with Gasteiger partial charge in [0.05, 0.1) is 43.3 Å². The molecule has 2 aromatic heterocycles. The molecule has 2 saturated heterocycles. The number of aliphatic imine (C=N–C) groups is 1. The number of fused-ring (bicyclic) bond motifs is 1. The van der Waals surface area contributed by atoms with Gasteiger partial charge in [0.25, 0.3) is 5.56 Å². The van der Waals surface area contributed by atoms with Crippen molar-refractivity contribution in [3.63, 3.8) is 0 Å². The monoisotopic (exact) mass is 938 g/mol. The van der Waals surface area contributed by atoms with Gasteiger partial charge in [-0.1, -0.05) is 51.8 Å². The predicted octanol–water partition coefficient (Wildman–Crippen LogP) is 4.18. The van der Waals surface area contributed by atoms with E-state index < -0.39 is 72.9 Å². The van der Waals surface area contributed by atoms with Crippen LogP contribution < -0.4 is 16.2 Å². The van der Waals surface area contributed by atoms with Crippen molar-refractivity contribution in [2.24, 2.45) is 10.9 Å². The third-order valence-electron chi connectivity index (χ3n) is 11.5. The summed E-state index contributed by atoms with van der Waals surface area (Å²) in [6, 6.07) is 7.95. The quantitative estimate of drug-likeness (QED) is 0.0381. The number of hydrogen-bond acceptors (Lipinski definition) is 15. The molecule has 4 N–H and O–H groups in total. The number of H-pyrrole nitrogens is 1. The molecule has 2 amide bonds. The Balaban J connectivity index is 1.05. The number of amides is 2. The maximum atomic E-state index is 13.0. The number of aliphatic carboxylic acids is 1. The SMILES string of the molecule is CC[C@H]1O[C@@H](n2cnc3c(=O)[nH]c(/N=C/N(C)C)nc32)[C@@H](OC(=O)CCC(=O)O)C1OCCCCCCNC(=O)CCCCO[C@@H]1O[C@H](CC)[C@H](C)[C@H](OC(=O)c2ccccc2)[C@H]1NC(C)=O. The molecule has 9 atom stereocenters. The first kappa shape index (κ1) is 52.2. The zero-order chi connectivity index (χ0) is 48.5. The molecule has 67 heavy (non-hydrogen) atoms. The first-order valence-electron chi connectivity index (χ1n) is 23.1. The molecule has 2 aliphatic heterocycles. The van der Waals surface area contributed by atoms with E-state index >= 15 is 0 Å². The molecule has 21 nitrogen and oxygen atoms in total. The van der Waals surface area contributed by atoms with Crippen molar-refractivity contribution >= 4 is 53.2 Å². The number of aromatic nitrogens is 4. The van der Waals surface area contributed by atoms with E-state index in [0.29, 0.717) is 57.2 Å². The molecule has 0 spiro atoms. The summed E-state index contributed by atoms with van der Waals surface area (Å²) in [5.41, 5.74) is 0.0797. The number of imidazole rings is 1. The third-order valence-corrected chi connectivity index (χ3v) is 11.5. The van der Waals surface area contributed by atoms with Crippen LogP contribution in [-0.4, -0.2) is 142 Å². The van der Waals surface area contributed by atoms with E-state index in [9.17, 15) is 28.8 Å². The van der Waals surface area contributed by atoms with Gasteiger partial charge in [0.15, 0.2) is 29.8 Å². The lowest BCUT2D eigenvalue weighted by Gasteiger charge is -2.45. The number of ether oxygens (including phenoxy) is 6. The van der Waals surface area contributed by atoms with E-state index in [1.54, 1.807) is 43.3 Å². The van der Waals surface area contributed by atoms with Gasteiger partial charge in [-0.15, -0.1) is 0 Å². The van der Waals surface area contributed by atoms with Crippen LogP contribution in [0, 0.1) is 5.92 Å². The van der Waals surface area contributed by atoms with Gasteiger partial charge < -0.3 is 49.1 Å². The smallest absolute Gasteiger partial charge is 0.338 e. The summed E-state index contributed by atoms with van der Waals surface area (Å²) in [7, 11) is 3.53. The maximum Gasteiger partial charge on any atom is 0.338 e. The van der Waals surface area contributed by atoms with Crippen molar-refractivity contribution in [1.82, 2.24) is 35.1 Å². The molecule has 1 aromatic carbocycles. The van der Waals surface area contributed by atoms with Crippen LogP contribution in [-0.2, 0) is 47.6 Å². The predicted molar refractivity (Wildman–Crippen MR) is 243 cm³/mol. The molecular weight excluding hydrogens is 873 g/mol. The number of unbranched alkanes of at least 4 members (excludes halogenated alkanes) is 4. The number of hydrogen-bond donors (Lipinski definition) is 4. The number of carboxylic acid groups (broad SMARTS) is 1. The van der Waals surface area contributed by atoms with E-state index in [0.717, 1.165) is 19.3 Å². The lowest BCUT2D eigenvalue weighted by atomic mass is 9.87. The first-order valence-corrected chi connectivity index (χ1v) is 23.1. The Labute approximate surface area is 389 Å². The highest BCUT2D eigenvalue weighted by atomic mass is 16.7. The van der Waals surface area contributed by atoms with Crippen molar-refractivity contribution in [1.29, 1.82) is 0 Å². The number of rotatable bonds is 26. The van der Waals surface area contributed by atoms with Crippen LogP contribution in [0.15, 0.2) is 46.4 Å². The Hall–Kier alpha value is -5.77. The van der Waals surface area contributed by atoms with Gasteiger partial charge >= 0.3 is 17.9 Å². The molecule has 1 unspecified atom stereocenters. The highest BCUT2D eigenvalue weighted by Gasteiger charge is 2.49. The summed E-state index contributed by atoms with van der Waals surface area (Å²) in [4.78, 5) is 92.1. The van der Waals surface area contributed by atoms with Crippen LogP contribution in [0.1, 0.15) is 115 Å². The van der Waals surface area contributed by atoms with Crippen molar-refractivity contribution in [2.45, 2.75) is 147 Å². The minimum Gasteiger partial charge on any atom is -0.481 e. The summed E-state index contributed by atoms with van der Waals surface area (Å²) >= 11 is 0. The highest BCUT2D eigenvalue weighted by Crippen LogP contribution is 2.37. The topological polar surface area (TPSA) is 264 Å². The number of carboxylic acids is 1. The van der Waals surface area contributed by atoms with Crippen molar-refractivity contribution < 1.29 is 57.5 Å². The number of carbonyl (C=O) groups is 5. The lowest BCUT2D eigenvalue weighted by Crippen LogP contribution is -2.62. The molecule has 5 rings (SSSR count). The highest BCUT2D eigenvalue weighted by molar-refractivity contribution is 5.89. The average molecular weight is 939 g/mol. The molecule has 21 heteroatoms. The van der Waals surface area contributed by atoms with Gasteiger partial charge in [-0.3, -0.25) is 33.5 Å². The minimum atomic E-state index is -1.14. The largest absolute Gasteiger partial charge is 0.481 e. The summed E-state index contributed by atoms with van der Waals surface area (Å²) in [6.07, 6.45) is 2.70. The van der Waals surface area contributed by atoms with Crippen molar-refractivity contribution in [3.8, 4) is 0 Å². The Morgan fingerprint density at radius 3 is 2.31 bits per heavy atom. The van der Waals surface area contributed by atoms with Crippen LogP contribution in [0.3, 0.4) is 0 Å². The van der Waals surface area contributed by atoms with Gasteiger partial charge in [0.1, 0.15) is 18.2 Å². The zero-order valence-corrected chi connectivity index (χ0v) is 39.2. The standard InChI is InChI=1S/C46H66N8O13/c1-7-31-28(3)38(67-44(61)30-18-12-11-13-19-30)36(50-29(4)55)45(65-31)63-25-17-14-20-33(56)47-23-15-9-10-16-24-62-39-32(8-2)64-43(40(39)66-35(59)22-21-34(57)58)54-27-48-37-41(54)51-46(52-42(37)60)49-26-53(5)6/h11-13,18-19,26-28,31-32,36,38-40,43,45H,7-10,14-17,20-25H2,1-6H3,(H,47,56)(H,50,55)(H,57,58)(H,51,52,60)/b49-26+/t28-,31+,32+,36+,38-,39?,40-,43+,45+/m0/s1. The minimum absolute atomic E-state index is 0.0340. The number of esters is 2. The maximum absolute atomic E-state index is 13.0. The summed E-state index contributed by atoms with van der Waals surface area (Å²) in [5, 5.41) is 15.0. The second-order valence-corrected chi connectivity index (χ2v) is 16.9. The molecule has 2 aliphatic rings. The Morgan fingerprint density at radius 1 is 0.896 bits per heavy atom. The Bertz CT molecular complexity index is 2180. The molecule has 4 heterocycles. The second-order valence-electron chi connectivity index (χ2n) is 16.9. The summed E-state index contributed by atoms with van der Waals surface area (Å²) in [6.45, 7) is 8.30. The summed E-state index contributed by atoms with van der Waals surface area (Å²) in [5.74, 6) is -2.93. The number of benzene rings is 1. The van der Waals surface area contributed by atoms with Gasteiger partial charge in [-0.05, 0) is 50.7 Å². The van der Waals surface area contributed by atoms with Crippen LogP contribution in [0.2, 0.25) is 0 Å². The zero-order valence-electron chi connectivity index (χ0n) is 39.2. The molecule has 0 aliphatic carbocycles. The number of nitrogens with zero attached hydrogens (tertiary/aromatic N) is 5. The Morgan fingerprint density at radius 2 is 1.61 bits per heavy atom. The Kier molecular flexibility index (Phi) is 20.2. The van der Waals surface area contributed by atoms with E-state index in [2.05, 4.69) is 30.6 Å². The fourth-order valence-corrected chi connectivity index (χ4v) is 8.06. The second kappa shape index (κ2) is 26.0. The lowest BCUT2D eigenvalue weighted by molar-refractivity contribution is -0.249. The first-order chi connectivity index (χ1) is 32.2. The normalized spacial score (nSPS) is 23.8. The number of aromatic amines is 1. The van der Waals surface area contributed by atoms with Crippen LogP contribution >= 0.6 is 0 Å². The van der Waals surface area contributed by atoms with E-state index in [1.165, 1.54) is 24.2 Å². The van der Waals surface area contributed by atoms with Gasteiger partial charge in [0.2, 0.25) is 17.8 Å². The number of nitrogens with one attached hydrogen (secondary N) is 3. The van der Waals surface area contributed by atoms with Gasteiger partial charge in [-0.2, -0.15) is 4.98 Å². The molecule has 0 saturated carbocycles. The molecule has 368 valence electrons. The summed E-state index contributed by atoms with van der Waals surface area (Å²) < 4.78 is 38.4. The number of carbonyl (C=O) groups excluding carboxylic acids is 4. The van der Waals surface area contributed by atoms with E-state index in [-0.39, 0.29) is 54.0 Å².